The number of amides is 1. The minimum Gasteiger partial charge on any atom is -0.370 e. The number of pyridine rings is 1. The molecule has 1 fully saturated rings. The summed E-state index contributed by atoms with van der Waals surface area (Å²) in [6, 6.07) is 12.1. The number of carbonyl (C=O) groups is 1. The molecule has 3 aromatic rings. The van der Waals surface area contributed by atoms with E-state index in [4.69, 9.17) is 0 Å². The summed E-state index contributed by atoms with van der Waals surface area (Å²) in [6.07, 6.45) is 9.72. The summed E-state index contributed by atoms with van der Waals surface area (Å²) in [5.41, 5.74) is 3.94. The largest absolute Gasteiger partial charge is 0.370 e. The Hall–Kier alpha value is -2.82. The molecule has 3 heterocycles. The Labute approximate surface area is 159 Å². The van der Waals surface area contributed by atoms with E-state index in [1.165, 1.54) is 36.6 Å². The molecule has 4 rings (SSSR count). The van der Waals surface area contributed by atoms with Gasteiger partial charge in [-0.05, 0) is 43.0 Å². The van der Waals surface area contributed by atoms with Crippen LogP contribution >= 0.6 is 0 Å². The van der Waals surface area contributed by atoms with Crippen molar-refractivity contribution in [2.75, 3.05) is 24.5 Å². The highest BCUT2D eigenvalue weighted by Gasteiger charge is 2.12. The molecule has 0 radical (unpaired) electrons. The summed E-state index contributed by atoms with van der Waals surface area (Å²) in [4.78, 5) is 22.4. The molecule has 1 aromatic carbocycles. The fourth-order valence-electron chi connectivity index (χ4n) is 3.78. The maximum absolute atomic E-state index is 12.4. The van der Waals surface area contributed by atoms with Crippen molar-refractivity contribution in [2.24, 2.45) is 0 Å². The fraction of sp³-hybridized carbons (Fsp3) is 0.364. The molecule has 0 saturated carbocycles. The lowest BCUT2D eigenvalue weighted by atomic mass is 10.1. The minimum absolute atomic E-state index is 0.114. The zero-order valence-corrected chi connectivity index (χ0v) is 15.6. The Morgan fingerprint density at radius 2 is 1.89 bits per heavy atom. The lowest BCUT2D eigenvalue weighted by Crippen LogP contribution is -2.27. The topological polar surface area (TPSA) is 61.0 Å². The minimum atomic E-state index is -0.114. The molecule has 2 N–H and O–H groups in total. The predicted molar refractivity (Wildman–Crippen MR) is 109 cm³/mol. The number of benzene rings is 1. The maximum atomic E-state index is 12.4. The molecule has 5 nitrogen and oxygen atoms in total. The molecule has 2 aromatic heterocycles. The Morgan fingerprint density at radius 3 is 2.67 bits per heavy atom. The van der Waals surface area contributed by atoms with Crippen LogP contribution in [0, 0.1) is 0 Å². The molecular formula is C22H26N4O. The first-order valence-corrected chi connectivity index (χ1v) is 9.85. The van der Waals surface area contributed by atoms with Gasteiger partial charge in [-0.15, -0.1) is 0 Å². The molecular weight excluding hydrogens is 336 g/mol. The van der Waals surface area contributed by atoms with Crippen molar-refractivity contribution < 1.29 is 4.79 Å². The second kappa shape index (κ2) is 8.25. The number of H-pyrrole nitrogens is 1. The molecule has 0 bridgehead atoms. The summed E-state index contributed by atoms with van der Waals surface area (Å²) in [5, 5.41) is 4.20. The van der Waals surface area contributed by atoms with Crippen molar-refractivity contribution in [3.63, 3.8) is 0 Å². The van der Waals surface area contributed by atoms with Gasteiger partial charge in [-0.2, -0.15) is 0 Å². The van der Waals surface area contributed by atoms with E-state index in [9.17, 15) is 4.79 Å². The number of para-hydroxylation sites is 1. The van der Waals surface area contributed by atoms with Gasteiger partial charge in [0.15, 0.2) is 0 Å². The van der Waals surface area contributed by atoms with Crippen LogP contribution in [0.3, 0.4) is 0 Å². The van der Waals surface area contributed by atoms with E-state index in [0.29, 0.717) is 12.2 Å². The third kappa shape index (κ3) is 4.13. The van der Waals surface area contributed by atoms with E-state index in [0.717, 1.165) is 30.7 Å². The molecule has 1 amide bonds. The van der Waals surface area contributed by atoms with Crippen LogP contribution in [0.2, 0.25) is 0 Å². The van der Waals surface area contributed by atoms with Gasteiger partial charge in [-0.1, -0.05) is 31.0 Å². The Bertz CT molecular complexity index is 892. The standard InChI is InChI=1S/C22H26N4O/c27-22(23-12-11-17-15-24-20-8-4-3-7-19(17)20)21-10-9-18(16-25-21)26-13-5-1-2-6-14-26/h3-4,7-10,15-16,24H,1-2,5-6,11-14H2,(H,23,27). The number of anilines is 1. The molecule has 0 atom stereocenters. The fourth-order valence-corrected chi connectivity index (χ4v) is 3.78. The van der Waals surface area contributed by atoms with E-state index in [2.05, 4.69) is 32.3 Å². The summed E-state index contributed by atoms with van der Waals surface area (Å²) in [7, 11) is 0. The third-order valence-electron chi connectivity index (χ3n) is 5.31. The zero-order valence-electron chi connectivity index (χ0n) is 15.6. The quantitative estimate of drug-likeness (QED) is 0.723. The van der Waals surface area contributed by atoms with Crippen molar-refractivity contribution in [1.29, 1.82) is 0 Å². The van der Waals surface area contributed by atoms with Crippen LogP contribution in [-0.4, -0.2) is 35.5 Å². The Morgan fingerprint density at radius 1 is 1.07 bits per heavy atom. The second-order valence-corrected chi connectivity index (χ2v) is 7.17. The number of aromatic nitrogens is 2. The monoisotopic (exact) mass is 362 g/mol. The maximum Gasteiger partial charge on any atom is 0.269 e. The van der Waals surface area contributed by atoms with Crippen LogP contribution in [0.25, 0.3) is 10.9 Å². The number of hydrogen-bond acceptors (Lipinski definition) is 3. The van der Waals surface area contributed by atoms with E-state index in [1.807, 2.05) is 36.7 Å². The molecule has 0 spiro atoms. The van der Waals surface area contributed by atoms with E-state index >= 15 is 0 Å². The molecule has 0 unspecified atom stereocenters. The van der Waals surface area contributed by atoms with Crippen molar-refractivity contribution in [2.45, 2.75) is 32.1 Å². The molecule has 0 aliphatic carbocycles. The summed E-state index contributed by atoms with van der Waals surface area (Å²) in [6.45, 7) is 2.76. The van der Waals surface area contributed by atoms with Crippen LogP contribution < -0.4 is 10.2 Å². The average Bonchev–Trinajstić information content (AvgIpc) is 2.93. The first-order valence-electron chi connectivity index (χ1n) is 9.85. The van der Waals surface area contributed by atoms with Gasteiger partial charge in [-0.25, -0.2) is 4.98 Å². The van der Waals surface area contributed by atoms with Crippen molar-refractivity contribution >= 4 is 22.5 Å². The number of fused-ring (bicyclic) bond motifs is 1. The Balaban J connectivity index is 1.33. The number of carbonyl (C=O) groups excluding carboxylic acids is 1. The van der Waals surface area contributed by atoms with E-state index < -0.39 is 0 Å². The molecule has 1 aliphatic heterocycles. The number of aromatic amines is 1. The SMILES string of the molecule is O=C(NCCc1c[nH]c2ccccc12)c1ccc(N2CCCCCC2)cn1. The average molecular weight is 362 g/mol. The van der Waals surface area contributed by atoms with Crippen LogP contribution in [0.15, 0.2) is 48.8 Å². The second-order valence-electron chi connectivity index (χ2n) is 7.17. The summed E-state index contributed by atoms with van der Waals surface area (Å²) >= 11 is 0. The van der Waals surface area contributed by atoms with Gasteiger partial charge in [0, 0.05) is 36.7 Å². The summed E-state index contributed by atoms with van der Waals surface area (Å²) in [5.74, 6) is -0.114. The lowest BCUT2D eigenvalue weighted by Gasteiger charge is -2.22. The van der Waals surface area contributed by atoms with Crippen molar-refractivity contribution in [3.8, 4) is 0 Å². The van der Waals surface area contributed by atoms with Gasteiger partial charge < -0.3 is 15.2 Å². The molecule has 1 saturated heterocycles. The van der Waals surface area contributed by atoms with Gasteiger partial charge in [0.2, 0.25) is 0 Å². The molecule has 27 heavy (non-hydrogen) atoms. The highest BCUT2D eigenvalue weighted by Crippen LogP contribution is 2.19. The molecule has 1 aliphatic rings. The van der Waals surface area contributed by atoms with Crippen molar-refractivity contribution in [1.82, 2.24) is 15.3 Å². The number of rotatable bonds is 5. The van der Waals surface area contributed by atoms with E-state index in [1.54, 1.807) is 0 Å². The van der Waals surface area contributed by atoms with Gasteiger partial charge in [-0.3, -0.25) is 4.79 Å². The summed E-state index contributed by atoms with van der Waals surface area (Å²) < 4.78 is 0. The smallest absolute Gasteiger partial charge is 0.269 e. The predicted octanol–water partition coefficient (Wildman–Crippen LogP) is 3.92. The van der Waals surface area contributed by atoms with E-state index in [-0.39, 0.29) is 5.91 Å². The highest BCUT2D eigenvalue weighted by atomic mass is 16.1. The molecule has 140 valence electrons. The Kier molecular flexibility index (Phi) is 5.37. The van der Waals surface area contributed by atoms with Gasteiger partial charge in [0.05, 0.1) is 11.9 Å². The first kappa shape index (κ1) is 17.6. The third-order valence-corrected chi connectivity index (χ3v) is 5.31. The number of hydrogen-bond donors (Lipinski definition) is 2. The van der Waals surface area contributed by atoms with Gasteiger partial charge in [0.25, 0.3) is 5.91 Å². The van der Waals surface area contributed by atoms with Gasteiger partial charge in [0.1, 0.15) is 5.69 Å². The van der Waals surface area contributed by atoms with Crippen LogP contribution in [-0.2, 0) is 6.42 Å². The number of nitrogens with one attached hydrogen (secondary N) is 2. The molecule has 5 heteroatoms. The first-order chi connectivity index (χ1) is 13.3. The normalized spacial score (nSPS) is 14.9. The van der Waals surface area contributed by atoms with Crippen LogP contribution in [0.5, 0.6) is 0 Å². The van der Waals surface area contributed by atoms with Crippen LogP contribution in [0.1, 0.15) is 41.7 Å². The number of nitrogens with zero attached hydrogens (tertiary/aromatic N) is 2. The van der Waals surface area contributed by atoms with Crippen LogP contribution in [0.4, 0.5) is 5.69 Å². The lowest BCUT2D eigenvalue weighted by molar-refractivity contribution is 0.0949. The van der Waals surface area contributed by atoms with Gasteiger partial charge >= 0.3 is 0 Å². The highest BCUT2D eigenvalue weighted by molar-refractivity contribution is 5.92. The van der Waals surface area contributed by atoms with Crippen molar-refractivity contribution in [3.05, 3.63) is 60.0 Å². The zero-order chi connectivity index (χ0) is 18.5.